The van der Waals surface area contributed by atoms with Gasteiger partial charge in [0.2, 0.25) is 5.95 Å². The third-order valence-electron chi connectivity index (χ3n) is 5.54. The van der Waals surface area contributed by atoms with Gasteiger partial charge in [-0.2, -0.15) is 4.98 Å². The Labute approximate surface area is 188 Å². The molecule has 0 unspecified atom stereocenters. The van der Waals surface area contributed by atoms with Crippen molar-refractivity contribution in [3.8, 4) is 0 Å². The van der Waals surface area contributed by atoms with Gasteiger partial charge in [0.05, 0.1) is 12.8 Å². The normalized spacial score (nSPS) is 16.8. The summed E-state index contributed by atoms with van der Waals surface area (Å²) < 4.78 is 14.0. The first-order chi connectivity index (χ1) is 13.6. The number of hydrogen-bond acceptors (Lipinski definition) is 7. The van der Waals surface area contributed by atoms with Crippen molar-refractivity contribution in [2.45, 2.75) is 31.9 Å². The zero-order valence-corrected chi connectivity index (χ0v) is 18.6. The number of aliphatic hydroxyl groups excluding tert-OH is 1. The van der Waals surface area contributed by atoms with Crippen LogP contribution < -0.4 is 15.5 Å². The number of piperazine rings is 1. The van der Waals surface area contributed by atoms with Crippen LogP contribution in [0, 0.1) is 5.82 Å². The predicted molar refractivity (Wildman–Crippen MR) is 123 cm³/mol. The van der Waals surface area contributed by atoms with Gasteiger partial charge in [0.25, 0.3) is 0 Å². The minimum atomic E-state index is -0.445. The highest BCUT2D eigenvalue weighted by Gasteiger charge is 2.20. The van der Waals surface area contributed by atoms with Crippen molar-refractivity contribution < 1.29 is 9.50 Å². The van der Waals surface area contributed by atoms with Crippen LogP contribution in [-0.2, 0) is 6.61 Å². The van der Waals surface area contributed by atoms with Gasteiger partial charge in [0.1, 0.15) is 0 Å². The molecule has 4 rings (SSSR count). The molecule has 1 aliphatic carbocycles. The first kappa shape index (κ1) is 24.4. The SMILES string of the molecule is CN1CCN(c2ccc(Nc3ncc(F)c(NC4CCC4)n3)cc2CO)CC1.Cl.Cl. The van der Waals surface area contributed by atoms with E-state index in [1.807, 2.05) is 18.2 Å². The quantitative estimate of drug-likeness (QED) is 0.611. The average molecular weight is 459 g/mol. The van der Waals surface area contributed by atoms with Crippen LogP contribution in [0.2, 0.25) is 0 Å². The highest BCUT2D eigenvalue weighted by Crippen LogP contribution is 2.28. The van der Waals surface area contributed by atoms with Crippen molar-refractivity contribution >= 4 is 48.0 Å². The first-order valence-electron chi connectivity index (χ1n) is 9.86. The van der Waals surface area contributed by atoms with E-state index in [-0.39, 0.29) is 37.2 Å². The van der Waals surface area contributed by atoms with Crippen LogP contribution >= 0.6 is 24.8 Å². The lowest BCUT2D eigenvalue weighted by atomic mass is 9.93. The molecule has 2 aliphatic rings. The fraction of sp³-hybridized carbons (Fsp3) is 0.500. The van der Waals surface area contributed by atoms with Crippen molar-refractivity contribution in [1.29, 1.82) is 0 Å². The van der Waals surface area contributed by atoms with Crippen LogP contribution in [0.3, 0.4) is 0 Å². The van der Waals surface area contributed by atoms with Crippen molar-refractivity contribution in [3.05, 3.63) is 35.8 Å². The third-order valence-corrected chi connectivity index (χ3v) is 5.54. The molecule has 1 aliphatic heterocycles. The number of likely N-dealkylation sites (N-methyl/N-ethyl adjacent to an activating group) is 1. The molecule has 0 spiro atoms. The predicted octanol–water partition coefficient (Wildman–Crippen LogP) is 3.41. The Balaban J connectivity index is 0.00000160. The lowest BCUT2D eigenvalue weighted by Crippen LogP contribution is -2.44. The van der Waals surface area contributed by atoms with E-state index in [4.69, 9.17) is 0 Å². The molecular formula is C20H29Cl2FN6O. The Morgan fingerprint density at radius 1 is 1.17 bits per heavy atom. The molecule has 1 saturated carbocycles. The van der Waals surface area contributed by atoms with E-state index in [0.29, 0.717) is 12.0 Å². The fourth-order valence-corrected chi connectivity index (χ4v) is 3.55. The molecule has 0 bridgehead atoms. The van der Waals surface area contributed by atoms with Gasteiger partial charge in [0, 0.05) is 49.2 Å². The van der Waals surface area contributed by atoms with Gasteiger partial charge in [-0.05, 0) is 44.5 Å². The molecular weight excluding hydrogens is 430 g/mol. The number of aliphatic hydroxyl groups is 1. The Kier molecular flexibility index (Phi) is 8.91. The topological polar surface area (TPSA) is 76.5 Å². The summed E-state index contributed by atoms with van der Waals surface area (Å²) in [4.78, 5) is 12.9. The highest BCUT2D eigenvalue weighted by molar-refractivity contribution is 5.85. The molecule has 30 heavy (non-hydrogen) atoms. The number of benzene rings is 1. The van der Waals surface area contributed by atoms with Crippen molar-refractivity contribution in [2.75, 3.05) is 48.8 Å². The summed E-state index contributed by atoms with van der Waals surface area (Å²) >= 11 is 0. The van der Waals surface area contributed by atoms with Gasteiger partial charge in [0.15, 0.2) is 11.6 Å². The van der Waals surface area contributed by atoms with E-state index in [1.54, 1.807) is 0 Å². The number of aromatic nitrogens is 2. The van der Waals surface area contributed by atoms with Gasteiger partial charge in [-0.1, -0.05) is 0 Å². The number of nitrogens with zero attached hydrogens (tertiary/aromatic N) is 4. The highest BCUT2D eigenvalue weighted by atomic mass is 35.5. The Bertz CT molecular complexity index is 831. The number of anilines is 4. The van der Waals surface area contributed by atoms with Gasteiger partial charge in [-0.15, -0.1) is 24.8 Å². The van der Waals surface area contributed by atoms with E-state index in [9.17, 15) is 9.50 Å². The summed E-state index contributed by atoms with van der Waals surface area (Å²) in [5.74, 6) is 0.122. The summed E-state index contributed by atoms with van der Waals surface area (Å²) in [5, 5.41) is 16.1. The second-order valence-electron chi connectivity index (χ2n) is 7.58. The standard InChI is InChI=1S/C20H27FN6O.2ClH/c1-26-7-9-27(10-8-26)18-6-5-16(11-14(18)13-28)24-20-22-12-17(21)19(25-20)23-15-3-2-4-15;;/h5-6,11-12,15,28H,2-4,7-10,13H2,1H3,(H2,22,23,24,25);2*1H. The van der Waals surface area contributed by atoms with Crippen LogP contribution in [-0.4, -0.2) is 59.2 Å². The summed E-state index contributed by atoms with van der Waals surface area (Å²) in [6.45, 7) is 3.84. The molecule has 1 aromatic heterocycles. The molecule has 166 valence electrons. The summed E-state index contributed by atoms with van der Waals surface area (Å²) in [5.41, 5.74) is 2.67. The molecule has 2 aromatic rings. The second-order valence-corrected chi connectivity index (χ2v) is 7.58. The zero-order chi connectivity index (χ0) is 19.5. The van der Waals surface area contributed by atoms with E-state index in [0.717, 1.165) is 56.0 Å². The third kappa shape index (κ3) is 5.63. The van der Waals surface area contributed by atoms with Crippen LogP contribution in [0.5, 0.6) is 0 Å². The van der Waals surface area contributed by atoms with Crippen molar-refractivity contribution in [3.63, 3.8) is 0 Å². The van der Waals surface area contributed by atoms with Crippen LogP contribution in [0.1, 0.15) is 24.8 Å². The molecule has 10 heteroatoms. The summed E-state index contributed by atoms with van der Waals surface area (Å²) in [7, 11) is 2.12. The number of hydrogen-bond donors (Lipinski definition) is 3. The monoisotopic (exact) mass is 458 g/mol. The van der Waals surface area contributed by atoms with Crippen LogP contribution in [0.4, 0.5) is 27.5 Å². The van der Waals surface area contributed by atoms with E-state index < -0.39 is 5.82 Å². The molecule has 2 heterocycles. The maximum atomic E-state index is 14.0. The molecule has 7 nitrogen and oxygen atoms in total. The van der Waals surface area contributed by atoms with Crippen LogP contribution in [0.25, 0.3) is 0 Å². The number of halogens is 3. The average Bonchev–Trinajstić information content (AvgIpc) is 2.67. The van der Waals surface area contributed by atoms with Gasteiger partial charge < -0.3 is 25.5 Å². The van der Waals surface area contributed by atoms with E-state index in [2.05, 4.69) is 37.4 Å². The van der Waals surface area contributed by atoms with Crippen molar-refractivity contribution in [2.24, 2.45) is 0 Å². The maximum absolute atomic E-state index is 14.0. The van der Waals surface area contributed by atoms with Gasteiger partial charge in [-0.3, -0.25) is 0 Å². The van der Waals surface area contributed by atoms with Crippen LogP contribution in [0.15, 0.2) is 24.4 Å². The molecule has 0 atom stereocenters. The van der Waals surface area contributed by atoms with E-state index >= 15 is 0 Å². The number of rotatable bonds is 6. The smallest absolute Gasteiger partial charge is 0.229 e. The maximum Gasteiger partial charge on any atom is 0.229 e. The largest absolute Gasteiger partial charge is 0.392 e. The molecule has 1 aromatic carbocycles. The molecule has 0 amide bonds. The van der Waals surface area contributed by atoms with Gasteiger partial charge >= 0.3 is 0 Å². The Hall–Kier alpha value is -1.87. The number of nitrogens with one attached hydrogen (secondary N) is 2. The molecule has 2 fully saturated rings. The fourth-order valence-electron chi connectivity index (χ4n) is 3.55. The zero-order valence-electron chi connectivity index (χ0n) is 17.0. The van der Waals surface area contributed by atoms with Crippen molar-refractivity contribution in [1.82, 2.24) is 14.9 Å². The summed E-state index contributed by atoms with van der Waals surface area (Å²) in [6.07, 6.45) is 4.43. The Morgan fingerprint density at radius 2 is 1.90 bits per heavy atom. The van der Waals surface area contributed by atoms with E-state index in [1.165, 1.54) is 12.6 Å². The first-order valence-corrected chi connectivity index (χ1v) is 9.86. The molecule has 3 N–H and O–H groups in total. The molecule has 0 radical (unpaired) electrons. The summed E-state index contributed by atoms with van der Waals surface area (Å²) in [6, 6.07) is 6.15. The molecule has 1 saturated heterocycles. The second kappa shape index (κ2) is 10.9. The minimum absolute atomic E-state index is 0. The Morgan fingerprint density at radius 3 is 2.53 bits per heavy atom. The lowest BCUT2D eigenvalue weighted by molar-refractivity contribution is 0.280. The van der Waals surface area contributed by atoms with Gasteiger partial charge in [-0.25, -0.2) is 9.37 Å². The minimum Gasteiger partial charge on any atom is -0.392 e. The lowest BCUT2D eigenvalue weighted by Gasteiger charge is -2.35.